The van der Waals surface area contributed by atoms with Gasteiger partial charge in [-0.2, -0.15) is 0 Å². The summed E-state index contributed by atoms with van der Waals surface area (Å²) < 4.78 is 13.7. The molecule has 0 unspecified atom stereocenters. The maximum atomic E-state index is 13.7. The van der Waals surface area contributed by atoms with Crippen molar-refractivity contribution in [2.45, 2.75) is 0 Å². The molecule has 0 saturated carbocycles. The molecule has 2 heterocycles. The Balaban J connectivity index is 1.65. The van der Waals surface area contributed by atoms with Crippen LogP contribution in [0.15, 0.2) is 36.4 Å². The molecular formula is C19H18FN5O2. The first-order chi connectivity index (χ1) is 13.0. The second-order valence-electron chi connectivity index (χ2n) is 6.42. The normalized spacial score (nSPS) is 14.5. The maximum absolute atomic E-state index is 13.7. The number of hydrogen-bond acceptors (Lipinski definition) is 4. The minimum atomic E-state index is -0.741. The largest absolute Gasteiger partial charge is 0.366 e. The second kappa shape index (κ2) is 6.81. The summed E-state index contributed by atoms with van der Waals surface area (Å²) in [6, 6.07) is 9.36. The van der Waals surface area contributed by atoms with E-state index in [1.54, 1.807) is 24.3 Å². The lowest BCUT2D eigenvalue weighted by Gasteiger charge is -2.27. The fourth-order valence-electron chi connectivity index (χ4n) is 3.23. The number of H-pyrrole nitrogens is 1. The number of piperazine rings is 1. The summed E-state index contributed by atoms with van der Waals surface area (Å²) in [4.78, 5) is 33.3. The third-order valence-corrected chi connectivity index (χ3v) is 4.63. The first kappa shape index (κ1) is 17.2. The lowest BCUT2D eigenvalue weighted by Crippen LogP contribution is -2.46. The molecule has 1 aromatic heterocycles. The van der Waals surface area contributed by atoms with Crippen LogP contribution in [0.3, 0.4) is 0 Å². The molecule has 7 nitrogen and oxygen atoms in total. The van der Waals surface area contributed by atoms with E-state index in [0.717, 1.165) is 24.7 Å². The van der Waals surface area contributed by atoms with Gasteiger partial charge in [-0.25, -0.2) is 9.37 Å². The van der Waals surface area contributed by atoms with Gasteiger partial charge in [-0.05, 0) is 24.3 Å². The quantitative estimate of drug-likeness (QED) is 0.653. The third kappa shape index (κ3) is 3.26. The topological polar surface area (TPSA) is 104 Å². The molecule has 4 rings (SSSR count). The van der Waals surface area contributed by atoms with Crippen molar-refractivity contribution >= 4 is 22.8 Å². The summed E-state index contributed by atoms with van der Waals surface area (Å²) >= 11 is 0. The molecule has 138 valence electrons. The number of benzene rings is 2. The number of primary amides is 1. The highest BCUT2D eigenvalue weighted by molar-refractivity contribution is 6.04. The average molecular weight is 367 g/mol. The van der Waals surface area contributed by atoms with Gasteiger partial charge >= 0.3 is 0 Å². The molecule has 2 amide bonds. The van der Waals surface area contributed by atoms with E-state index in [-0.39, 0.29) is 11.5 Å². The number of aromatic amines is 1. The smallest absolute Gasteiger partial charge is 0.253 e. The van der Waals surface area contributed by atoms with Gasteiger partial charge in [0.05, 0.1) is 11.1 Å². The number of aromatic nitrogens is 2. The number of fused-ring (bicyclic) bond motifs is 1. The van der Waals surface area contributed by atoms with Gasteiger partial charge in [-0.3, -0.25) is 9.59 Å². The third-order valence-electron chi connectivity index (χ3n) is 4.63. The van der Waals surface area contributed by atoms with Crippen molar-refractivity contribution in [3.63, 3.8) is 0 Å². The summed E-state index contributed by atoms with van der Waals surface area (Å²) in [5.74, 6) is -0.844. The zero-order valence-electron chi connectivity index (χ0n) is 14.5. The van der Waals surface area contributed by atoms with Crippen LogP contribution in [-0.4, -0.2) is 52.9 Å². The molecule has 0 atom stereocenters. The van der Waals surface area contributed by atoms with Gasteiger partial charge in [0.25, 0.3) is 11.8 Å². The zero-order valence-corrected chi connectivity index (χ0v) is 14.5. The van der Waals surface area contributed by atoms with E-state index in [9.17, 15) is 14.0 Å². The van der Waals surface area contributed by atoms with E-state index in [1.807, 2.05) is 4.90 Å². The highest BCUT2D eigenvalue weighted by Gasteiger charge is 2.18. The second-order valence-corrected chi connectivity index (χ2v) is 6.42. The summed E-state index contributed by atoms with van der Waals surface area (Å²) in [6.45, 7) is 2.96. The number of halogens is 1. The molecule has 1 aliphatic rings. The zero-order chi connectivity index (χ0) is 19.0. The van der Waals surface area contributed by atoms with Gasteiger partial charge in [0, 0.05) is 37.3 Å². The predicted octanol–water partition coefficient (Wildman–Crippen LogP) is 1.51. The lowest BCUT2D eigenvalue weighted by molar-refractivity contribution is 0.0735. The van der Waals surface area contributed by atoms with Gasteiger partial charge in [0.15, 0.2) is 0 Å². The van der Waals surface area contributed by atoms with E-state index in [2.05, 4.69) is 15.3 Å². The lowest BCUT2D eigenvalue weighted by atomic mass is 10.1. The van der Waals surface area contributed by atoms with Crippen LogP contribution in [0.4, 0.5) is 4.39 Å². The molecule has 0 radical (unpaired) electrons. The SMILES string of the molecule is NC(=O)c1cc(F)cc2[nH]c(-c3ccc(C(=O)N4CCNCC4)cc3)nc12. The molecule has 2 aromatic carbocycles. The number of amides is 2. The minimum Gasteiger partial charge on any atom is -0.366 e. The molecule has 0 spiro atoms. The molecular weight excluding hydrogens is 349 g/mol. The van der Waals surface area contributed by atoms with Crippen LogP contribution < -0.4 is 11.1 Å². The number of rotatable bonds is 3. The van der Waals surface area contributed by atoms with Crippen LogP contribution in [0.5, 0.6) is 0 Å². The summed E-state index contributed by atoms with van der Waals surface area (Å²) in [5.41, 5.74) is 7.37. The Labute approximate surface area is 154 Å². The number of nitrogens with zero attached hydrogens (tertiary/aromatic N) is 2. The number of nitrogens with two attached hydrogens (primary N) is 1. The van der Waals surface area contributed by atoms with Crippen LogP contribution >= 0.6 is 0 Å². The van der Waals surface area contributed by atoms with Crippen LogP contribution in [0.25, 0.3) is 22.4 Å². The summed E-state index contributed by atoms with van der Waals surface area (Å²) in [7, 11) is 0. The van der Waals surface area contributed by atoms with Crippen molar-refractivity contribution in [3.05, 3.63) is 53.3 Å². The van der Waals surface area contributed by atoms with Crippen molar-refractivity contribution in [1.29, 1.82) is 0 Å². The monoisotopic (exact) mass is 367 g/mol. The number of hydrogen-bond donors (Lipinski definition) is 3. The Morgan fingerprint density at radius 3 is 2.48 bits per heavy atom. The van der Waals surface area contributed by atoms with E-state index in [0.29, 0.717) is 35.5 Å². The van der Waals surface area contributed by atoms with Gasteiger partial charge in [0.1, 0.15) is 17.2 Å². The molecule has 0 bridgehead atoms. The average Bonchev–Trinajstić information content (AvgIpc) is 3.11. The predicted molar refractivity (Wildman–Crippen MR) is 98.8 cm³/mol. The number of carbonyl (C=O) groups is 2. The molecule has 1 saturated heterocycles. The molecule has 4 N–H and O–H groups in total. The Kier molecular flexibility index (Phi) is 4.33. The first-order valence-corrected chi connectivity index (χ1v) is 8.62. The van der Waals surface area contributed by atoms with E-state index < -0.39 is 11.7 Å². The molecule has 1 aliphatic heterocycles. The standard InChI is InChI=1S/C19H18FN5O2/c20-13-9-14(17(21)26)16-15(10-13)23-18(24-16)11-1-3-12(4-2-11)19(27)25-7-5-22-6-8-25/h1-4,9-10,22H,5-8H2,(H2,21,26)(H,23,24). The van der Waals surface area contributed by atoms with E-state index in [1.165, 1.54) is 6.07 Å². The number of carbonyl (C=O) groups excluding carboxylic acids is 2. The fraction of sp³-hybridized carbons (Fsp3) is 0.211. The van der Waals surface area contributed by atoms with Crippen molar-refractivity contribution in [2.24, 2.45) is 5.73 Å². The number of imidazole rings is 1. The van der Waals surface area contributed by atoms with Crippen LogP contribution in [0.1, 0.15) is 20.7 Å². The van der Waals surface area contributed by atoms with Crippen LogP contribution in [0.2, 0.25) is 0 Å². The van der Waals surface area contributed by atoms with Crippen molar-refractivity contribution in [3.8, 4) is 11.4 Å². The van der Waals surface area contributed by atoms with Crippen molar-refractivity contribution < 1.29 is 14.0 Å². The molecule has 8 heteroatoms. The Morgan fingerprint density at radius 1 is 1.11 bits per heavy atom. The highest BCUT2D eigenvalue weighted by Crippen LogP contribution is 2.24. The van der Waals surface area contributed by atoms with E-state index >= 15 is 0 Å². The molecule has 0 aliphatic carbocycles. The van der Waals surface area contributed by atoms with E-state index in [4.69, 9.17) is 5.73 Å². The van der Waals surface area contributed by atoms with Gasteiger partial charge in [0.2, 0.25) is 0 Å². The van der Waals surface area contributed by atoms with Gasteiger partial charge in [-0.15, -0.1) is 0 Å². The Hall–Kier alpha value is -3.26. The first-order valence-electron chi connectivity index (χ1n) is 8.62. The summed E-state index contributed by atoms with van der Waals surface area (Å²) in [6.07, 6.45) is 0. The molecule has 3 aromatic rings. The van der Waals surface area contributed by atoms with Crippen LogP contribution in [0, 0.1) is 5.82 Å². The summed E-state index contributed by atoms with van der Waals surface area (Å²) in [5, 5.41) is 3.21. The van der Waals surface area contributed by atoms with Crippen molar-refractivity contribution in [2.75, 3.05) is 26.2 Å². The number of nitrogens with one attached hydrogen (secondary N) is 2. The fourth-order valence-corrected chi connectivity index (χ4v) is 3.23. The van der Waals surface area contributed by atoms with Gasteiger partial charge in [-0.1, -0.05) is 12.1 Å². The maximum Gasteiger partial charge on any atom is 0.253 e. The Morgan fingerprint density at radius 2 is 1.81 bits per heavy atom. The minimum absolute atomic E-state index is 0.00857. The molecule has 1 fully saturated rings. The highest BCUT2D eigenvalue weighted by atomic mass is 19.1. The Bertz CT molecular complexity index is 1020. The van der Waals surface area contributed by atoms with Gasteiger partial charge < -0.3 is 20.9 Å². The van der Waals surface area contributed by atoms with Crippen LogP contribution in [-0.2, 0) is 0 Å². The van der Waals surface area contributed by atoms with Crippen molar-refractivity contribution in [1.82, 2.24) is 20.2 Å². The molecule has 27 heavy (non-hydrogen) atoms.